The number of hydrogen-bond donors (Lipinski definition) is 0. The van der Waals surface area contributed by atoms with Crippen LogP contribution in [0.15, 0.2) is 48.5 Å². The number of carbonyl (C=O) groups excluding carboxylic acids is 2. The second-order valence-electron chi connectivity index (χ2n) is 4.46. The molecule has 3 nitrogen and oxygen atoms in total. The van der Waals surface area contributed by atoms with Gasteiger partial charge >= 0.3 is 5.97 Å². The van der Waals surface area contributed by atoms with Crippen LogP contribution < -0.4 is 0 Å². The predicted molar refractivity (Wildman–Crippen MR) is 83.2 cm³/mol. The van der Waals surface area contributed by atoms with Gasteiger partial charge in [0, 0.05) is 5.56 Å². The molecule has 0 aliphatic heterocycles. The van der Waals surface area contributed by atoms with E-state index in [1.807, 2.05) is 36.4 Å². The molecule has 3 heteroatoms. The third-order valence-electron chi connectivity index (χ3n) is 2.96. The summed E-state index contributed by atoms with van der Waals surface area (Å²) in [7, 11) is 0. The van der Waals surface area contributed by atoms with E-state index < -0.39 is 0 Å². The summed E-state index contributed by atoms with van der Waals surface area (Å²) in [5.41, 5.74) is 3.20. The Morgan fingerprint density at radius 2 is 1.38 bits per heavy atom. The fraction of sp³-hybridized carbons (Fsp3) is 0.111. The summed E-state index contributed by atoms with van der Waals surface area (Å²) in [5, 5.41) is 0. The smallest absolute Gasteiger partial charge is 0.338 e. The molecule has 106 valence electrons. The topological polar surface area (TPSA) is 43.4 Å². The van der Waals surface area contributed by atoms with E-state index in [1.165, 1.54) is 0 Å². The van der Waals surface area contributed by atoms with E-state index in [-0.39, 0.29) is 5.97 Å². The molecule has 0 atom stereocenters. The Kier molecular flexibility index (Phi) is 5.04. The summed E-state index contributed by atoms with van der Waals surface area (Å²) < 4.78 is 4.93. The lowest BCUT2D eigenvalue weighted by Crippen LogP contribution is -2.03. The average Bonchev–Trinajstić information content (AvgIpc) is 2.54. The maximum atomic E-state index is 11.5. The molecule has 0 aromatic heterocycles. The number of ether oxygens (including phenoxy) is 1. The minimum atomic E-state index is -0.308. The average molecular weight is 280 g/mol. The van der Waals surface area contributed by atoms with Crippen molar-refractivity contribution in [3.05, 3.63) is 70.8 Å². The first-order valence-corrected chi connectivity index (χ1v) is 6.73. The fourth-order valence-corrected chi connectivity index (χ4v) is 1.82. The van der Waals surface area contributed by atoms with Crippen molar-refractivity contribution in [3.63, 3.8) is 0 Å². The standard InChI is InChI=1S/C18H16O3/c1-2-21-18(20)17-11-9-15(10-12-17)4-3-14-5-7-16(13-19)8-6-14/h3-13H,2H2,1H3/b4-3+. The van der Waals surface area contributed by atoms with Gasteiger partial charge in [-0.2, -0.15) is 0 Å². The summed E-state index contributed by atoms with van der Waals surface area (Å²) in [5.74, 6) is -0.308. The first kappa shape index (κ1) is 14.7. The summed E-state index contributed by atoms with van der Waals surface area (Å²) in [6.07, 6.45) is 4.72. The molecule has 0 amide bonds. The number of benzene rings is 2. The van der Waals surface area contributed by atoms with Gasteiger partial charge in [-0.15, -0.1) is 0 Å². The largest absolute Gasteiger partial charge is 0.462 e. The predicted octanol–water partition coefficient (Wildman–Crippen LogP) is 3.85. The van der Waals surface area contributed by atoms with Gasteiger partial charge in [-0.25, -0.2) is 4.79 Å². The van der Waals surface area contributed by atoms with Gasteiger partial charge in [0.05, 0.1) is 12.2 Å². The maximum absolute atomic E-state index is 11.5. The highest BCUT2D eigenvalue weighted by molar-refractivity contribution is 5.89. The van der Waals surface area contributed by atoms with Gasteiger partial charge in [-0.3, -0.25) is 4.79 Å². The molecule has 21 heavy (non-hydrogen) atoms. The lowest BCUT2D eigenvalue weighted by molar-refractivity contribution is 0.0526. The number of esters is 1. The normalized spacial score (nSPS) is 10.5. The van der Waals surface area contributed by atoms with Crippen molar-refractivity contribution >= 4 is 24.4 Å². The molecule has 0 aliphatic rings. The van der Waals surface area contributed by atoms with E-state index in [4.69, 9.17) is 4.74 Å². The highest BCUT2D eigenvalue weighted by atomic mass is 16.5. The van der Waals surface area contributed by atoms with Crippen LogP contribution in [0.4, 0.5) is 0 Å². The number of aldehydes is 1. The Balaban J connectivity index is 2.06. The van der Waals surface area contributed by atoms with E-state index in [9.17, 15) is 9.59 Å². The van der Waals surface area contributed by atoms with Crippen molar-refractivity contribution in [2.75, 3.05) is 6.61 Å². The van der Waals surface area contributed by atoms with Gasteiger partial charge in [-0.05, 0) is 30.2 Å². The second kappa shape index (κ2) is 7.20. The third-order valence-corrected chi connectivity index (χ3v) is 2.96. The van der Waals surface area contributed by atoms with Crippen LogP contribution in [0.25, 0.3) is 12.2 Å². The van der Waals surface area contributed by atoms with E-state index in [1.54, 1.807) is 31.2 Å². The minimum absolute atomic E-state index is 0.308. The van der Waals surface area contributed by atoms with E-state index in [2.05, 4.69) is 0 Å². The van der Waals surface area contributed by atoms with Gasteiger partial charge in [-0.1, -0.05) is 48.6 Å². The summed E-state index contributed by atoms with van der Waals surface area (Å²) >= 11 is 0. The van der Waals surface area contributed by atoms with Crippen LogP contribution in [-0.4, -0.2) is 18.9 Å². The van der Waals surface area contributed by atoms with Crippen molar-refractivity contribution < 1.29 is 14.3 Å². The molecule has 2 rings (SSSR count). The van der Waals surface area contributed by atoms with Crippen LogP contribution in [0.1, 0.15) is 38.8 Å². The molecule has 2 aromatic rings. The van der Waals surface area contributed by atoms with Gasteiger partial charge in [0.2, 0.25) is 0 Å². The molecule has 0 saturated heterocycles. The zero-order valence-electron chi connectivity index (χ0n) is 11.8. The number of carbonyl (C=O) groups is 2. The zero-order chi connectivity index (χ0) is 15.1. The quantitative estimate of drug-likeness (QED) is 0.474. The first-order chi connectivity index (χ1) is 10.2. The molecule has 0 radical (unpaired) electrons. The Morgan fingerprint density at radius 1 is 0.905 bits per heavy atom. The van der Waals surface area contributed by atoms with E-state index in [0.717, 1.165) is 17.4 Å². The lowest BCUT2D eigenvalue weighted by Gasteiger charge is -2.01. The summed E-state index contributed by atoms with van der Waals surface area (Å²) in [4.78, 5) is 22.1. The minimum Gasteiger partial charge on any atom is -0.462 e. The highest BCUT2D eigenvalue weighted by Crippen LogP contribution is 2.11. The fourth-order valence-electron chi connectivity index (χ4n) is 1.82. The second-order valence-corrected chi connectivity index (χ2v) is 4.46. The van der Waals surface area contributed by atoms with Crippen LogP contribution in [0, 0.1) is 0 Å². The van der Waals surface area contributed by atoms with Gasteiger partial charge in [0.1, 0.15) is 6.29 Å². The van der Waals surface area contributed by atoms with Crippen LogP contribution in [0.5, 0.6) is 0 Å². The maximum Gasteiger partial charge on any atom is 0.338 e. The first-order valence-electron chi connectivity index (χ1n) is 6.73. The van der Waals surface area contributed by atoms with Gasteiger partial charge in [0.15, 0.2) is 0 Å². The summed E-state index contributed by atoms with van der Waals surface area (Å²) in [6.45, 7) is 2.15. The van der Waals surface area contributed by atoms with Crippen molar-refractivity contribution in [1.29, 1.82) is 0 Å². The van der Waals surface area contributed by atoms with Gasteiger partial charge < -0.3 is 4.74 Å². The molecule has 0 aliphatic carbocycles. The van der Waals surface area contributed by atoms with Crippen LogP contribution in [-0.2, 0) is 4.74 Å². The molecule has 0 saturated carbocycles. The Morgan fingerprint density at radius 3 is 1.86 bits per heavy atom. The molecular weight excluding hydrogens is 264 g/mol. The Labute approximate surface area is 123 Å². The highest BCUT2D eigenvalue weighted by Gasteiger charge is 2.04. The van der Waals surface area contributed by atoms with Crippen molar-refractivity contribution in [3.8, 4) is 0 Å². The Bertz CT molecular complexity index is 637. The van der Waals surface area contributed by atoms with Crippen molar-refractivity contribution in [1.82, 2.24) is 0 Å². The monoisotopic (exact) mass is 280 g/mol. The SMILES string of the molecule is CCOC(=O)c1ccc(/C=C/c2ccc(C=O)cc2)cc1. The van der Waals surface area contributed by atoms with Crippen LogP contribution in [0.3, 0.4) is 0 Å². The zero-order valence-corrected chi connectivity index (χ0v) is 11.8. The van der Waals surface area contributed by atoms with E-state index in [0.29, 0.717) is 17.7 Å². The van der Waals surface area contributed by atoms with Gasteiger partial charge in [0.25, 0.3) is 0 Å². The van der Waals surface area contributed by atoms with Crippen LogP contribution >= 0.6 is 0 Å². The van der Waals surface area contributed by atoms with Crippen molar-refractivity contribution in [2.45, 2.75) is 6.92 Å². The molecular formula is C18H16O3. The molecule has 0 N–H and O–H groups in total. The molecule has 0 unspecified atom stereocenters. The molecule has 0 spiro atoms. The van der Waals surface area contributed by atoms with Crippen LogP contribution in [0.2, 0.25) is 0 Å². The summed E-state index contributed by atoms with van der Waals surface area (Å²) in [6, 6.07) is 14.5. The molecule has 0 heterocycles. The molecule has 2 aromatic carbocycles. The molecule has 0 fully saturated rings. The number of rotatable bonds is 5. The third kappa shape index (κ3) is 4.14. The van der Waals surface area contributed by atoms with E-state index >= 15 is 0 Å². The Hall–Kier alpha value is -2.68. The molecule has 0 bridgehead atoms. The lowest BCUT2D eigenvalue weighted by atomic mass is 10.1. The van der Waals surface area contributed by atoms with Crippen molar-refractivity contribution in [2.24, 2.45) is 0 Å². The number of hydrogen-bond acceptors (Lipinski definition) is 3.